The van der Waals surface area contributed by atoms with Crippen molar-refractivity contribution in [2.24, 2.45) is 0 Å². The number of aryl methyl sites for hydroxylation is 1. The van der Waals surface area contributed by atoms with Crippen LogP contribution in [0.2, 0.25) is 0 Å². The predicted molar refractivity (Wildman–Crippen MR) is 108 cm³/mol. The number of carbonyl (C=O) groups is 1. The van der Waals surface area contributed by atoms with E-state index in [0.717, 1.165) is 17.5 Å². The molecule has 0 aliphatic carbocycles. The minimum atomic E-state index is -0.206. The van der Waals surface area contributed by atoms with Crippen LogP contribution in [0.15, 0.2) is 67.0 Å². The van der Waals surface area contributed by atoms with Crippen LogP contribution in [0.5, 0.6) is 0 Å². The number of rotatable bonds is 5. The number of amides is 1. The molecular weight excluding hydrogens is 350 g/mol. The van der Waals surface area contributed by atoms with Crippen LogP contribution < -0.4 is 5.32 Å². The Morgan fingerprint density at radius 2 is 1.86 bits per heavy atom. The topological polar surface area (TPSA) is 72.2 Å². The molecule has 0 saturated carbocycles. The van der Waals surface area contributed by atoms with Crippen LogP contribution in [0.25, 0.3) is 17.0 Å². The summed E-state index contributed by atoms with van der Waals surface area (Å²) in [6.07, 6.45) is 2.19. The monoisotopic (exact) mass is 371 g/mol. The van der Waals surface area contributed by atoms with Crippen molar-refractivity contribution in [3.05, 3.63) is 83.8 Å². The minimum Gasteiger partial charge on any atom is -0.344 e. The van der Waals surface area contributed by atoms with Gasteiger partial charge in [-0.3, -0.25) is 4.79 Å². The molecule has 0 saturated heterocycles. The molecule has 0 fully saturated rings. The number of nitrogens with one attached hydrogen (secondary N) is 1. The lowest BCUT2D eigenvalue weighted by Crippen LogP contribution is -2.30. The second-order valence-corrected chi connectivity index (χ2v) is 6.71. The Morgan fingerprint density at radius 3 is 2.57 bits per heavy atom. The number of fused-ring (bicyclic) bond motifs is 1. The molecule has 2 aromatic heterocycles. The zero-order chi connectivity index (χ0) is 19.5. The molecule has 0 aliphatic heterocycles. The summed E-state index contributed by atoms with van der Waals surface area (Å²) >= 11 is 0. The molecule has 0 radical (unpaired) electrons. The summed E-state index contributed by atoms with van der Waals surface area (Å²) in [7, 11) is 0. The Labute approximate surface area is 163 Å². The van der Waals surface area contributed by atoms with Gasteiger partial charge in [-0.1, -0.05) is 67.1 Å². The number of benzene rings is 2. The van der Waals surface area contributed by atoms with Gasteiger partial charge in [0.15, 0.2) is 0 Å². The lowest BCUT2D eigenvalue weighted by Gasteiger charge is -2.18. The van der Waals surface area contributed by atoms with Gasteiger partial charge in [0.05, 0.1) is 11.7 Å². The summed E-state index contributed by atoms with van der Waals surface area (Å²) < 4.78 is 1.48. The average molecular weight is 371 g/mol. The van der Waals surface area contributed by atoms with Crippen LogP contribution in [0.3, 0.4) is 0 Å². The van der Waals surface area contributed by atoms with Gasteiger partial charge in [-0.25, -0.2) is 4.98 Å². The highest BCUT2D eigenvalue weighted by Gasteiger charge is 2.19. The maximum absolute atomic E-state index is 13.1. The summed E-state index contributed by atoms with van der Waals surface area (Å²) in [4.78, 5) is 21.8. The van der Waals surface area contributed by atoms with Crippen molar-refractivity contribution < 1.29 is 4.79 Å². The van der Waals surface area contributed by atoms with Crippen molar-refractivity contribution in [1.29, 1.82) is 0 Å². The Balaban J connectivity index is 1.70. The zero-order valence-corrected chi connectivity index (χ0v) is 15.8. The lowest BCUT2D eigenvalue weighted by atomic mass is 10.0. The Kier molecular flexibility index (Phi) is 4.85. The lowest BCUT2D eigenvalue weighted by molar-refractivity contribution is 0.0928. The van der Waals surface area contributed by atoms with E-state index in [0.29, 0.717) is 17.2 Å². The third kappa shape index (κ3) is 3.49. The summed E-state index contributed by atoms with van der Waals surface area (Å²) in [6.45, 7) is 4.10. The van der Waals surface area contributed by atoms with Gasteiger partial charge in [0.1, 0.15) is 12.0 Å². The van der Waals surface area contributed by atoms with E-state index < -0.39 is 0 Å². The molecule has 6 heteroatoms. The summed E-state index contributed by atoms with van der Waals surface area (Å²) in [5.74, 6) is 0.192. The van der Waals surface area contributed by atoms with Gasteiger partial charge in [0, 0.05) is 5.56 Å². The number of nitrogens with zero attached hydrogens (tertiary/aromatic N) is 4. The van der Waals surface area contributed by atoms with Gasteiger partial charge >= 0.3 is 0 Å². The van der Waals surface area contributed by atoms with E-state index in [4.69, 9.17) is 0 Å². The zero-order valence-electron chi connectivity index (χ0n) is 15.8. The fourth-order valence-corrected chi connectivity index (χ4v) is 3.18. The summed E-state index contributed by atoms with van der Waals surface area (Å²) in [6, 6.07) is 19.6. The molecule has 0 aliphatic rings. The highest BCUT2D eigenvalue weighted by atomic mass is 16.2. The van der Waals surface area contributed by atoms with E-state index in [2.05, 4.69) is 51.6 Å². The molecule has 28 heavy (non-hydrogen) atoms. The van der Waals surface area contributed by atoms with Gasteiger partial charge in [-0.2, -0.15) is 14.6 Å². The van der Waals surface area contributed by atoms with Crippen LogP contribution in [-0.2, 0) is 0 Å². The molecule has 1 N–H and O–H groups in total. The molecule has 4 rings (SSSR count). The van der Waals surface area contributed by atoms with E-state index in [-0.39, 0.29) is 11.9 Å². The minimum absolute atomic E-state index is 0.0833. The smallest absolute Gasteiger partial charge is 0.270 e. The number of aromatic nitrogens is 4. The second-order valence-electron chi connectivity index (χ2n) is 6.71. The Hall–Kier alpha value is -3.54. The molecule has 1 amide bonds. The number of hydrogen-bond acceptors (Lipinski definition) is 4. The third-order valence-electron chi connectivity index (χ3n) is 4.75. The highest BCUT2D eigenvalue weighted by Crippen LogP contribution is 2.21. The maximum atomic E-state index is 13.1. The molecule has 1 atom stereocenters. The molecule has 2 heterocycles. The van der Waals surface area contributed by atoms with Crippen molar-refractivity contribution in [2.45, 2.75) is 26.3 Å². The van der Waals surface area contributed by atoms with Gasteiger partial charge < -0.3 is 5.32 Å². The Bertz CT molecular complexity index is 1100. The molecule has 0 bridgehead atoms. The van der Waals surface area contributed by atoms with Crippen LogP contribution in [0.4, 0.5) is 0 Å². The van der Waals surface area contributed by atoms with Gasteiger partial charge in [-0.05, 0) is 25.0 Å². The SMILES string of the molecule is CC[C@@H](NC(=O)c1cc(-c2ccccc2)nc2ncnn12)c1ccc(C)cc1. The first-order chi connectivity index (χ1) is 13.7. The quantitative estimate of drug-likeness (QED) is 0.576. The van der Waals surface area contributed by atoms with Gasteiger partial charge in [-0.15, -0.1) is 0 Å². The second kappa shape index (κ2) is 7.60. The number of carbonyl (C=O) groups excluding carboxylic acids is 1. The molecule has 6 nitrogen and oxygen atoms in total. The fraction of sp³-hybridized carbons (Fsp3) is 0.182. The van der Waals surface area contributed by atoms with Crippen LogP contribution in [0.1, 0.15) is 41.0 Å². The molecule has 0 unspecified atom stereocenters. The van der Waals surface area contributed by atoms with E-state index >= 15 is 0 Å². The standard InChI is InChI=1S/C22H21N5O/c1-3-18(17-11-9-15(2)10-12-17)25-21(28)20-13-19(16-7-5-4-6-8-16)26-22-23-14-24-27(20)22/h4-14,18H,3H2,1-2H3,(H,25,28)/t18-/m1/s1. The van der Waals surface area contributed by atoms with E-state index in [1.807, 2.05) is 37.3 Å². The van der Waals surface area contributed by atoms with E-state index in [9.17, 15) is 4.79 Å². The third-order valence-corrected chi connectivity index (χ3v) is 4.75. The predicted octanol–water partition coefficient (Wildman–Crippen LogP) is 3.98. The molecule has 0 spiro atoms. The Morgan fingerprint density at radius 1 is 1.11 bits per heavy atom. The first-order valence-electron chi connectivity index (χ1n) is 9.29. The fourth-order valence-electron chi connectivity index (χ4n) is 3.18. The van der Waals surface area contributed by atoms with Crippen molar-refractivity contribution in [2.75, 3.05) is 0 Å². The van der Waals surface area contributed by atoms with Crippen molar-refractivity contribution in [1.82, 2.24) is 24.9 Å². The average Bonchev–Trinajstić information content (AvgIpc) is 3.21. The maximum Gasteiger partial charge on any atom is 0.270 e. The van der Waals surface area contributed by atoms with Crippen LogP contribution in [0, 0.1) is 6.92 Å². The van der Waals surface area contributed by atoms with Crippen LogP contribution in [-0.4, -0.2) is 25.5 Å². The molecule has 4 aromatic rings. The number of hydrogen-bond donors (Lipinski definition) is 1. The molecular formula is C22H21N5O. The first kappa shape index (κ1) is 17.9. The van der Waals surface area contributed by atoms with Crippen LogP contribution >= 0.6 is 0 Å². The van der Waals surface area contributed by atoms with Gasteiger partial charge in [0.25, 0.3) is 11.7 Å². The highest BCUT2D eigenvalue weighted by molar-refractivity contribution is 5.94. The summed E-state index contributed by atoms with van der Waals surface area (Å²) in [5.41, 5.74) is 4.29. The van der Waals surface area contributed by atoms with Gasteiger partial charge in [0.2, 0.25) is 0 Å². The van der Waals surface area contributed by atoms with E-state index in [1.54, 1.807) is 6.07 Å². The first-order valence-corrected chi connectivity index (χ1v) is 9.29. The van der Waals surface area contributed by atoms with Crippen molar-refractivity contribution >= 4 is 11.7 Å². The largest absolute Gasteiger partial charge is 0.344 e. The van der Waals surface area contributed by atoms with Crippen molar-refractivity contribution in [3.8, 4) is 11.3 Å². The van der Waals surface area contributed by atoms with E-state index in [1.165, 1.54) is 16.4 Å². The normalized spacial score (nSPS) is 12.1. The summed E-state index contributed by atoms with van der Waals surface area (Å²) in [5, 5.41) is 7.30. The molecule has 140 valence electrons. The molecule has 2 aromatic carbocycles. The van der Waals surface area contributed by atoms with Crippen molar-refractivity contribution in [3.63, 3.8) is 0 Å².